The number of aromatic nitrogens is 3. The van der Waals surface area contributed by atoms with Gasteiger partial charge < -0.3 is 4.74 Å². The maximum atomic E-state index is 5.31. The van der Waals surface area contributed by atoms with Crippen LogP contribution in [-0.4, -0.2) is 28.2 Å². The normalized spacial score (nSPS) is 11.8. The van der Waals surface area contributed by atoms with Gasteiger partial charge in [-0.05, 0) is 53.0 Å². The highest BCUT2D eigenvalue weighted by Gasteiger charge is 2.12. The molecular formula is C20H22N4OS. The van der Waals surface area contributed by atoms with E-state index in [1.54, 1.807) is 18.0 Å². The van der Waals surface area contributed by atoms with Crippen molar-refractivity contribution in [3.63, 3.8) is 0 Å². The van der Waals surface area contributed by atoms with Crippen molar-refractivity contribution >= 4 is 18.4 Å². The number of nitrogens with zero attached hydrogens (tertiary/aromatic N) is 3. The molecule has 0 spiro atoms. The molecule has 0 unspecified atom stereocenters. The van der Waals surface area contributed by atoms with E-state index >= 15 is 0 Å². The molecule has 0 amide bonds. The summed E-state index contributed by atoms with van der Waals surface area (Å²) in [6, 6.07) is 16.0. The van der Waals surface area contributed by atoms with Gasteiger partial charge in [0, 0.05) is 5.56 Å². The summed E-state index contributed by atoms with van der Waals surface area (Å²) in [5.74, 6) is 1.44. The molecule has 0 bridgehead atoms. The van der Waals surface area contributed by atoms with E-state index in [4.69, 9.17) is 17.0 Å². The summed E-state index contributed by atoms with van der Waals surface area (Å²) < 4.78 is 7.26. The summed E-state index contributed by atoms with van der Waals surface area (Å²) in [5.41, 5.74) is 3.32. The highest BCUT2D eigenvalue weighted by molar-refractivity contribution is 7.71. The smallest absolute Gasteiger partial charge is 0.216 e. The predicted molar refractivity (Wildman–Crippen MR) is 108 cm³/mol. The third-order valence-corrected chi connectivity index (χ3v) is 4.36. The average Bonchev–Trinajstić information content (AvgIpc) is 3.00. The molecule has 0 atom stereocenters. The van der Waals surface area contributed by atoms with Crippen molar-refractivity contribution in [1.29, 1.82) is 0 Å². The Hall–Kier alpha value is -2.73. The molecule has 0 aliphatic rings. The number of benzene rings is 2. The van der Waals surface area contributed by atoms with Gasteiger partial charge in [-0.1, -0.05) is 45.0 Å². The van der Waals surface area contributed by atoms with Gasteiger partial charge in [0.05, 0.1) is 13.3 Å². The summed E-state index contributed by atoms with van der Waals surface area (Å²) in [7, 11) is 1.64. The molecule has 3 aromatic rings. The molecule has 134 valence electrons. The van der Waals surface area contributed by atoms with Crippen LogP contribution in [0.2, 0.25) is 0 Å². The molecule has 0 saturated carbocycles. The summed E-state index contributed by atoms with van der Waals surface area (Å²) in [6.07, 6.45) is 1.78. The Labute approximate surface area is 158 Å². The maximum absolute atomic E-state index is 5.31. The van der Waals surface area contributed by atoms with E-state index in [1.807, 2.05) is 24.3 Å². The largest absolute Gasteiger partial charge is 0.497 e. The standard InChI is InChI=1S/C20H22N4OS/c1-20(2,3)16-9-5-14(6-10-16)13-21-24-18(22-23-19(24)26)15-7-11-17(25-4)12-8-15/h5-13H,1-4H3,(H,23,26)/b21-13+. The van der Waals surface area contributed by atoms with E-state index in [9.17, 15) is 0 Å². The fourth-order valence-electron chi connectivity index (χ4n) is 2.52. The molecule has 2 aromatic carbocycles. The van der Waals surface area contributed by atoms with Crippen molar-refractivity contribution in [1.82, 2.24) is 14.9 Å². The van der Waals surface area contributed by atoms with Crippen LogP contribution in [-0.2, 0) is 5.41 Å². The maximum Gasteiger partial charge on any atom is 0.216 e. The Balaban J connectivity index is 1.89. The number of hydrogen-bond acceptors (Lipinski definition) is 4. The molecule has 1 N–H and O–H groups in total. The van der Waals surface area contributed by atoms with E-state index in [-0.39, 0.29) is 5.41 Å². The van der Waals surface area contributed by atoms with Crippen LogP contribution in [0.5, 0.6) is 5.75 Å². The number of nitrogens with one attached hydrogen (secondary N) is 1. The second-order valence-corrected chi connectivity index (χ2v) is 7.40. The van der Waals surface area contributed by atoms with E-state index in [1.165, 1.54) is 5.56 Å². The number of H-pyrrole nitrogens is 1. The number of ether oxygens (including phenoxy) is 1. The summed E-state index contributed by atoms with van der Waals surface area (Å²) in [4.78, 5) is 0. The number of hydrogen-bond donors (Lipinski definition) is 1. The van der Waals surface area contributed by atoms with Gasteiger partial charge in [-0.2, -0.15) is 14.9 Å². The predicted octanol–water partition coefficient (Wildman–Crippen LogP) is 4.80. The molecule has 1 heterocycles. The first kappa shape index (κ1) is 18.1. The summed E-state index contributed by atoms with van der Waals surface area (Å²) >= 11 is 5.31. The van der Waals surface area contributed by atoms with Gasteiger partial charge in [-0.3, -0.25) is 0 Å². The van der Waals surface area contributed by atoms with Gasteiger partial charge in [0.25, 0.3) is 0 Å². The van der Waals surface area contributed by atoms with Crippen LogP contribution in [0.15, 0.2) is 53.6 Å². The molecular weight excluding hydrogens is 344 g/mol. The van der Waals surface area contributed by atoms with Crippen LogP contribution < -0.4 is 4.74 Å². The Morgan fingerprint density at radius 3 is 2.31 bits per heavy atom. The number of aromatic amines is 1. The van der Waals surface area contributed by atoms with Crippen LogP contribution >= 0.6 is 12.2 Å². The van der Waals surface area contributed by atoms with Crippen molar-refractivity contribution in [3.05, 3.63) is 64.4 Å². The molecule has 0 saturated heterocycles. The second kappa shape index (κ2) is 7.25. The lowest BCUT2D eigenvalue weighted by Crippen LogP contribution is -2.10. The zero-order valence-corrected chi connectivity index (χ0v) is 16.2. The first-order chi connectivity index (χ1) is 12.4. The van der Waals surface area contributed by atoms with Crippen LogP contribution in [0.1, 0.15) is 31.9 Å². The van der Waals surface area contributed by atoms with E-state index in [0.29, 0.717) is 10.6 Å². The van der Waals surface area contributed by atoms with Gasteiger partial charge in [-0.15, -0.1) is 0 Å². The number of rotatable bonds is 4. The monoisotopic (exact) mass is 366 g/mol. The third kappa shape index (κ3) is 3.91. The quantitative estimate of drug-likeness (QED) is 0.533. The summed E-state index contributed by atoms with van der Waals surface area (Å²) in [6.45, 7) is 6.59. The first-order valence-corrected chi connectivity index (χ1v) is 8.76. The lowest BCUT2D eigenvalue weighted by Gasteiger charge is -2.18. The summed E-state index contributed by atoms with van der Waals surface area (Å²) in [5, 5.41) is 11.6. The first-order valence-electron chi connectivity index (χ1n) is 8.35. The fourth-order valence-corrected chi connectivity index (χ4v) is 2.70. The molecule has 0 aliphatic heterocycles. The Morgan fingerprint density at radius 2 is 1.73 bits per heavy atom. The lowest BCUT2D eigenvalue weighted by atomic mass is 9.87. The van der Waals surface area contributed by atoms with Crippen molar-refractivity contribution in [3.8, 4) is 17.1 Å². The van der Waals surface area contributed by atoms with Crippen LogP contribution in [0.4, 0.5) is 0 Å². The minimum Gasteiger partial charge on any atom is -0.497 e. The van der Waals surface area contributed by atoms with Gasteiger partial charge >= 0.3 is 0 Å². The molecule has 6 heteroatoms. The third-order valence-electron chi connectivity index (χ3n) is 4.10. The molecule has 0 radical (unpaired) electrons. The number of methoxy groups -OCH3 is 1. The van der Waals surface area contributed by atoms with Crippen molar-refractivity contribution in [2.75, 3.05) is 7.11 Å². The fraction of sp³-hybridized carbons (Fsp3) is 0.250. The molecule has 0 fully saturated rings. The minimum absolute atomic E-state index is 0.129. The highest BCUT2D eigenvalue weighted by Crippen LogP contribution is 2.22. The Bertz CT molecular complexity index is 961. The van der Waals surface area contributed by atoms with Crippen LogP contribution in [0, 0.1) is 4.77 Å². The van der Waals surface area contributed by atoms with Gasteiger partial charge in [0.1, 0.15) is 5.75 Å². The minimum atomic E-state index is 0.129. The zero-order valence-electron chi connectivity index (χ0n) is 15.4. The second-order valence-electron chi connectivity index (χ2n) is 7.01. The van der Waals surface area contributed by atoms with Crippen molar-refractivity contribution < 1.29 is 4.74 Å². The average molecular weight is 366 g/mol. The molecule has 5 nitrogen and oxygen atoms in total. The van der Waals surface area contributed by atoms with E-state index in [0.717, 1.165) is 16.9 Å². The SMILES string of the molecule is COc1ccc(-c2n[nH]c(=S)n2/N=C/c2ccc(C(C)(C)C)cc2)cc1. The zero-order chi connectivity index (χ0) is 18.7. The van der Waals surface area contributed by atoms with E-state index in [2.05, 4.69) is 60.3 Å². The van der Waals surface area contributed by atoms with Crippen LogP contribution in [0.25, 0.3) is 11.4 Å². The van der Waals surface area contributed by atoms with Gasteiger partial charge in [0.2, 0.25) is 4.77 Å². The van der Waals surface area contributed by atoms with Crippen molar-refractivity contribution in [2.24, 2.45) is 5.10 Å². The molecule has 26 heavy (non-hydrogen) atoms. The molecule has 1 aromatic heterocycles. The Morgan fingerprint density at radius 1 is 1.08 bits per heavy atom. The van der Waals surface area contributed by atoms with Crippen LogP contribution in [0.3, 0.4) is 0 Å². The van der Waals surface area contributed by atoms with E-state index < -0.39 is 0 Å². The van der Waals surface area contributed by atoms with Gasteiger partial charge in [-0.25, -0.2) is 5.10 Å². The lowest BCUT2D eigenvalue weighted by molar-refractivity contribution is 0.415. The molecule has 3 rings (SSSR count). The van der Waals surface area contributed by atoms with Gasteiger partial charge in [0.15, 0.2) is 5.82 Å². The molecule has 0 aliphatic carbocycles. The topological polar surface area (TPSA) is 55.2 Å². The Kier molecular flexibility index (Phi) is 5.04. The van der Waals surface area contributed by atoms with Crippen molar-refractivity contribution in [2.45, 2.75) is 26.2 Å². The highest BCUT2D eigenvalue weighted by atomic mass is 32.1.